The maximum atomic E-state index is 9.00. The van der Waals surface area contributed by atoms with Crippen LogP contribution in [0.1, 0.15) is 8.35 Å². The van der Waals surface area contributed by atoms with Crippen LogP contribution in [-0.4, -0.2) is 11.1 Å². The molecule has 0 aliphatic heterocycles. The van der Waals surface area contributed by atoms with Crippen LogP contribution in [0.2, 0.25) is 0 Å². The van der Waals surface area contributed by atoms with Crippen LogP contribution in [0.25, 0.3) is 0 Å². The Morgan fingerprint density at radius 3 is 2.25 bits per heavy atom. The molecule has 0 amide bonds. The van der Waals surface area contributed by atoms with E-state index in [4.69, 9.17) is 9.90 Å². The first-order valence-corrected chi connectivity index (χ1v) is 0.928. The summed E-state index contributed by atoms with van der Waals surface area (Å²) in [6.07, 6.45) is 0. The normalized spacial score (nSPS) is 6.25. The number of carboxylic acids is 1. The van der Waals surface area contributed by atoms with Gasteiger partial charge in [0.1, 0.15) is 0 Å². The predicted octanol–water partition coefficient (Wildman–Crippen LogP) is 0.203. The fourth-order valence-corrected chi connectivity index (χ4v) is 0. The van der Waals surface area contributed by atoms with E-state index >= 15 is 0 Å². The zero-order valence-electron chi connectivity index (χ0n) is 3.36. The van der Waals surface area contributed by atoms with Gasteiger partial charge in [0.2, 0.25) is 0 Å². The summed E-state index contributed by atoms with van der Waals surface area (Å²) in [6.45, 7) is 1.08. The van der Waals surface area contributed by atoms with Gasteiger partial charge in [-0.1, -0.05) is 0 Å². The van der Waals surface area contributed by atoms with Crippen molar-refractivity contribution in [3.8, 4) is 0 Å². The van der Waals surface area contributed by atoms with Crippen molar-refractivity contribution in [2.45, 2.75) is 6.92 Å². The van der Waals surface area contributed by atoms with Gasteiger partial charge >= 0.3 is 0 Å². The number of aliphatic carboxylic acids is 1. The van der Waals surface area contributed by atoms with Gasteiger partial charge in [-0.25, -0.2) is 0 Å². The van der Waals surface area contributed by atoms with E-state index in [9.17, 15) is 0 Å². The highest BCUT2D eigenvalue weighted by atomic mass is 16.4. The Morgan fingerprint density at radius 1 is 2.25 bits per heavy atom. The quantitative estimate of drug-likeness (QED) is 0.435. The SMILES string of the molecule is CC(=O)O.[2H]. The lowest BCUT2D eigenvalue weighted by Gasteiger charge is -1.59. The Bertz CT molecular complexity index is 30.6. The zero-order valence-corrected chi connectivity index (χ0v) is 2.36. The minimum absolute atomic E-state index is 0. The molecule has 1 N–H and O–H groups in total. The Labute approximate surface area is 25.5 Å². The third-order valence-corrected chi connectivity index (χ3v) is 0. The van der Waals surface area contributed by atoms with Gasteiger partial charge in [-0.2, -0.15) is 0 Å². The highest BCUT2D eigenvalue weighted by Gasteiger charge is 1.65. The first-order valence-electron chi connectivity index (χ1n) is 0.928. The van der Waals surface area contributed by atoms with Gasteiger partial charge in [-0.15, -0.1) is 0 Å². The van der Waals surface area contributed by atoms with Crippen molar-refractivity contribution in [1.29, 1.82) is 0 Å². The maximum absolute atomic E-state index is 9.00. The lowest BCUT2D eigenvalue weighted by atomic mass is 10.9. The lowest BCUT2D eigenvalue weighted by Crippen LogP contribution is -1.78. The highest BCUT2D eigenvalue weighted by Crippen LogP contribution is 1.42. The summed E-state index contributed by atoms with van der Waals surface area (Å²) in [5.74, 6) is -0.833. The molecule has 25 valence electrons. The Morgan fingerprint density at radius 2 is 2.25 bits per heavy atom. The van der Waals surface area contributed by atoms with E-state index < -0.39 is 5.97 Å². The van der Waals surface area contributed by atoms with Gasteiger partial charge in [-0.05, 0) is 0 Å². The molecule has 0 heterocycles. The van der Waals surface area contributed by atoms with E-state index in [1.165, 1.54) is 0 Å². The summed E-state index contributed by atoms with van der Waals surface area (Å²) in [4.78, 5) is 9.00. The van der Waals surface area contributed by atoms with E-state index in [0.29, 0.717) is 0 Å². The van der Waals surface area contributed by atoms with Crippen molar-refractivity contribution in [3.05, 3.63) is 0 Å². The van der Waals surface area contributed by atoms with E-state index in [1.54, 1.807) is 0 Å². The van der Waals surface area contributed by atoms with Crippen LogP contribution in [0.3, 0.4) is 0 Å². The van der Waals surface area contributed by atoms with Gasteiger partial charge in [0, 0.05) is 8.35 Å². The molecule has 0 atom stereocenters. The van der Waals surface area contributed by atoms with Crippen molar-refractivity contribution >= 4 is 5.97 Å². The maximum Gasteiger partial charge on any atom is 0.300 e. The first-order chi connectivity index (χ1) is 1.73. The predicted molar refractivity (Wildman–Crippen MR) is 14.4 cm³/mol. The number of carboxylic acid groups (broad SMARTS) is 1. The smallest absolute Gasteiger partial charge is 0.300 e. The van der Waals surface area contributed by atoms with Crippen LogP contribution >= 0.6 is 0 Å². The minimum Gasteiger partial charge on any atom is -0.481 e. The van der Waals surface area contributed by atoms with Crippen molar-refractivity contribution in [1.82, 2.24) is 0 Å². The molecule has 0 spiro atoms. The Balaban J connectivity index is 0. The fraction of sp³-hybridized carbons (Fsp3) is 0.500. The first kappa shape index (κ1) is 3.47. The second kappa shape index (κ2) is 0.875. The molecular weight excluding hydrogens is 56.0 g/mol. The third-order valence-electron chi connectivity index (χ3n) is 0. The van der Waals surface area contributed by atoms with Gasteiger partial charge in [0.15, 0.2) is 0 Å². The van der Waals surface area contributed by atoms with Crippen LogP contribution < -0.4 is 0 Å². The molecule has 4 heavy (non-hydrogen) atoms. The summed E-state index contributed by atoms with van der Waals surface area (Å²) in [5.41, 5.74) is 0. The van der Waals surface area contributed by atoms with Crippen LogP contribution in [0.5, 0.6) is 0 Å². The average Bonchev–Trinajstić information content (AvgIpc) is 0.811. The van der Waals surface area contributed by atoms with E-state index in [2.05, 4.69) is 0 Å². The van der Waals surface area contributed by atoms with Crippen LogP contribution in [0.15, 0.2) is 0 Å². The van der Waals surface area contributed by atoms with Gasteiger partial charge < -0.3 is 5.11 Å². The van der Waals surface area contributed by atoms with Crippen LogP contribution in [0.4, 0.5) is 0 Å². The second-order valence-electron chi connectivity index (χ2n) is 0.519. The molecule has 0 aromatic rings. The molecule has 0 bridgehead atoms. The summed E-state index contributed by atoms with van der Waals surface area (Å²) < 4.78 is 0. The fourth-order valence-electron chi connectivity index (χ4n) is 0. The molecule has 0 aliphatic rings. The molecule has 2 heteroatoms. The second-order valence-corrected chi connectivity index (χ2v) is 0.519. The van der Waals surface area contributed by atoms with Gasteiger partial charge in [-0.3, -0.25) is 4.79 Å². The number of hydrogen-bond donors (Lipinski definition) is 1. The Hall–Kier alpha value is -0.530. The van der Waals surface area contributed by atoms with Crippen molar-refractivity contribution < 1.29 is 11.3 Å². The summed E-state index contributed by atoms with van der Waals surface area (Å²) in [6, 6.07) is 0. The molecule has 0 unspecified atom stereocenters. The third kappa shape index (κ3) is 1.16. The molecule has 0 rings (SSSR count). The molecule has 1 radical (unpaired) electrons. The molecule has 0 aliphatic carbocycles. The molecule has 2 nitrogen and oxygen atoms in total. The lowest BCUT2D eigenvalue weighted by molar-refractivity contribution is -0.134. The molecule has 0 aromatic carbocycles. The topological polar surface area (TPSA) is 37.3 Å². The molecule has 0 aromatic heterocycles. The number of hydrogen-bond acceptors (Lipinski definition) is 1. The molecular formula is C2H5O2. The zero-order chi connectivity index (χ0) is 3.58. The monoisotopic (exact) mass is 62.0 g/mol. The van der Waals surface area contributed by atoms with Crippen LogP contribution in [-0.2, 0) is 4.79 Å². The molecule has 0 saturated carbocycles. The largest absolute Gasteiger partial charge is 0.481 e. The standard InChI is InChI=1S/C2H4O2.H/c1-2(3)4;/h1H3,(H,3,4);/i;1+1. The van der Waals surface area contributed by atoms with Crippen molar-refractivity contribution in [3.63, 3.8) is 0 Å². The van der Waals surface area contributed by atoms with Crippen LogP contribution in [0, 0.1) is 0 Å². The number of rotatable bonds is 0. The highest BCUT2D eigenvalue weighted by molar-refractivity contribution is 5.62. The van der Waals surface area contributed by atoms with Gasteiger partial charge in [0.05, 0.1) is 0 Å². The van der Waals surface area contributed by atoms with Crippen molar-refractivity contribution in [2.24, 2.45) is 0 Å². The average molecular weight is 62.1 g/mol. The van der Waals surface area contributed by atoms with E-state index in [-0.39, 0.29) is 1.43 Å². The minimum atomic E-state index is -0.833. The van der Waals surface area contributed by atoms with E-state index in [0.717, 1.165) is 6.92 Å². The molecule has 0 fully saturated rings. The summed E-state index contributed by atoms with van der Waals surface area (Å²) in [5, 5.41) is 7.42. The summed E-state index contributed by atoms with van der Waals surface area (Å²) in [7, 11) is 0. The van der Waals surface area contributed by atoms with E-state index in [1.807, 2.05) is 0 Å². The Kier molecular flexibility index (Phi) is 0.759. The van der Waals surface area contributed by atoms with Crippen molar-refractivity contribution in [2.75, 3.05) is 0 Å². The molecule has 0 saturated heterocycles. The number of carbonyl (C=O) groups is 1. The van der Waals surface area contributed by atoms with Gasteiger partial charge in [0.25, 0.3) is 5.97 Å². The summed E-state index contributed by atoms with van der Waals surface area (Å²) >= 11 is 0.